The molecule has 9 atom stereocenters. The molecule has 0 aromatic heterocycles. The number of carboxylic acids is 2. The van der Waals surface area contributed by atoms with Crippen molar-refractivity contribution in [3.05, 3.63) is 11.6 Å². The van der Waals surface area contributed by atoms with Crippen molar-refractivity contribution in [3.63, 3.8) is 0 Å². The predicted octanol–water partition coefficient (Wildman–Crippen LogP) is 6.30. The lowest BCUT2D eigenvalue weighted by Gasteiger charge is -2.70. The molecule has 0 radical (unpaired) electrons. The third-order valence-electron chi connectivity index (χ3n) is 13.2. The molecule has 5 aliphatic rings. The molecule has 0 bridgehead atoms. The lowest BCUT2D eigenvalue weighted by molar-refractivity contribution is -0.217. The van der Waals surface area contributed by atoms with E-state index in [0.717, 1.165) is 57.8 Å². The van der Waals surface area contributed by atoms with Crippen LogP contribution in [0.3, 0.4) is 0 Å². The molecule has 0 saturated heterocycles. The molecule has 0 unspecified atom stereocenters. The van der Waals surface area contributed by atoms with Crippen molar-refractivity contribution in [3.8, 4) is 0 Å². The van der Waals surface area contributed by atoms with Gasteiger partial charge in [-0.2, -0.15) is 0 Å². The number of hydrogen-bond donors (Lipinski definition) is 3. The van der Waals surface area contributed by atoms with Crippen LogP contribution in [-0.4, -0.2) is 33.4 Å². The van der Waals surface area contributed by atoms with Crippen LogP contribution in [0.2, 0.25) is 0 Å². The molecule has 5 nitrogen and oxygen atoms in total. The van der Waals surface area contributed by atoms with Crippen LogP contribution >= 0.6 is 0 Å². The molecule has 0 aliphatic heterocycles. The average molecular weight is 487 g/mol. The maximum atomic E-state index is 12.8. The largest absolute Gasteiger partial charge is 0.481 e. The highest BCUT2D eigenvalue weighted by Gasteiger charge is 2.70. The predicted molar refractivity (Wildman–Crippen MR) is 135 cm³/mol. The van der Waals surface area contributed by atoms with Gasteiger partial charge in [0.15, 0.2) is 0 Å². The molecule has 4 saturated carbocycles. The standard InChI is InChI=1S/C30H46O5/c1-25(2)13-15-30(24(34)35)16-14-27(4)18(19(30)17-25)7-8-20-26(3)11-10-22(31)29(6,23(32)33)21(26)9-12-28(20,27)5/h7,19-22,31H,8-17H2,1-6H3,(H,32,33)(H,34,35)/t19-,20+,21+,22-,26+,27+,28+,29-,30-/m0/s1. The van der Waals surface area contributed by atoms with E-state index in [2.05, 4.69) is 40.7 Å². The van der Waals surface area contributed by atoms with Crippen molar-refractivity contribution in [2.45, 2.75) is 112 Å². The Morgan fingerprint density at radius 3 is 2.11 bits per heavy atom. The summed E-state index contributed by atoms with van der Waals surface area (Å²) in [5.41, 5.74) is -0.437. The first kappa shape index (κ1) is 25.3. The average Bonchev–Trinajstić information content (AvgIpc) is 2.76. The van der Waals surface area contributed by atoms with Crippen LogP contribution in [0, 0.1) is 50.2 Å². The van der Waals surface area contributed by atoms with E-state index in [1.807, 2.05) is 0 Å². The zero-order chi connectivity index (χ0) is 25.8. The summed E-state index contributed by atoms with van der Waals surface area (Å²) >= 11 is 0. The summed E-state index contributed by atoms with van der Waals surface area (Å²) < 4.78 is 0. The fourth-order valence-electron chi connectivity index (χ4n) is 10.6. The van der Waals surface area contributed by atoms with E-state index in [4.69, 9.17) is 0 Å². The van der Waals surface area contributed by atoms with Gasteiger partial charge in [0.1, 0.15) is 0 Å². The molecule has 5 rings (SSSR count). The van der Waals surface area contributed by atoms with Crippen molar-refractivity contribution in [1.29, 1.82) is 0 Å². The quantitative estimate of drug-likeness (QED) is 0.398. The topological polar surface area (TPSA) is 94.8 Å². The van der Waals surface area contributed by atoms with Gasteiger partial charge >= 0.3 is 11.9 Å². The second kappa shape index (κ2) is 7.36. The van der Waals surface area contributed by atoms with Crippen molar-refractivity contribution >= 4 is 11.9 Å². The number of carbonyl (C=O) groups is 2. The molecule has 0 heterocycles. The fraction of sp³-hybridized carbons (Fsp3) is 0.867. The second-order valence-corrected chi connectivity index (χ2v) is 14.8. The third kappa shape index (κ3) is 2.97. The second-order valence-electron chi connectivity index (χ2n) is 14.8. The van der Waals surface area contributed by atoms with Crippen molar-refractivity contribution in [2.75, 3.05) is 0 Å². The normalized spacial score (nSPS) is 52.7. The maximum absolute atomic E-state index is 12.8. The summed E-state index contributed by atoms with van der Waals surface area (Å²) in [5, 5.41) is 31.6. The summed E-state index contributed by atoms with van der Waals surface area (Å²) in [5.74, 6) is -1.10. The molecule has 0 amide bonds. The van der Waals surface area contributed by atoms with Crippen LogP contribution in [0.15, 0.2) is 11.6 Å². The van der Waals surface area contributed by atoms with Gasteiger partial charge in [0.05, 0.1) is 16.9 Å². The van der Waals surface area contributed by atoms with E-state index < -0.39 is 28.9 Å². The lowest BCUT2D eigenvalue weighted by Crippen LogP contribution is -2.66. The Hall–Kier alpha value is -1.36. The Kier molecular flexibility index (Phi) is 5.32. The highest BCUT2D eigenvalue weighted by molar-refractivity contribution is 5.77. The van der Waals surface area contributed by atoms with Gasteiger partial charge < -0.3 is 15.3 Å². The molecule has 5 heteroatoms. The van der Waals surface area contributed by atoms with Gasteiger partial charge in [-0.1, -0.05) is 46.3 Å². The van der Waals surface area contributed by atoms with Crippen LogP contribution in [-0.2, 0) is 9.59 Å². The molecular formula is C30H46O5. The van der Waals surface area contributed by atoms with Gasteiger partial charge in [0.2, 0.25) is 0 Å². The van der Waals surface area contributed by atoms with E-state index in [1.165, 1.54) is 5.57 Å². The number of rotatable bonds is 2. The summed E-state index contributed by atoms with van der Waals surface area (Å²) in [6.45, 7) is 13.5. The van der Waals surface area contributed by atoms with Gasteiger partial charge in [-0.15, -0.1) is 0 Å². The Bertz CT molecular complexity index is 983. The molecule has 35 heavy (non-hydrogen) atoms. The number of hydrogen-bond acceptors (Lipinski definition) is 3. The number of allylic oxidation sites excluding steroid dienone is 2. The monoisotopic (exact) mass is 486 g/mol. The first-order chi connectivity index (χ1) is 16.1. The van der Waals surface area contributed by atoms with E-state index in [-0.39, 0.29) is 33.5 Å². The van der Waals surface area contributed by atoms with Crippen molar-refractivity contribution < 1.29 is 24.9 Å². The Morgan fingerprint density at radius 1 is 0.829 bits per heavy atom. The lowest BCUT2D eigenvalue weighted by atomic mass is 9.33. The van der Waals surface area contributed by atoms with E-state index >= 15 is 0 Å². The zero-order valence-electron chi connectivity index (χ0n) is 22.6. The summed E-state index contributed by atoms with van der Waals surface area (Å²) in [7, 11) is 0. The minimum atomic E-state index is -1.11. The molecule has 3 N–H and O–H groups in total. The number of carboxylic acid groups (broad SMARTS) is 2. The van der Waals surface area contributed by atoms with Crippen LogP contribution in [0.25, 0.3) is 0 Å². The highest BCUT2D eigenvalue weighted by atomic mass is 16.4. The van der Waals surface area contributed by atoms with Gasteiger partial charge in [-0.25, -0.2) is 0 Å². The van der Waals surface area contributed by atoms with Crippen molar-refractivity contribution in [2.24, 2.45) is 50.2 Å². The smallest absolute Gasteiger partial charge is 0.312 e. The summed E-state index contributed by atoms with van der Waals surface area (Å²) in [6.07, 6.45) is 9.97. The minimum Gasteiger partial charge on any atom is -0.481 e. The number of aliphatic carboxylic acids is 2. The molecule has 5 aliphatic carbocycles. The van der Waals surface area contributed by atoms with E-state index in [1.54, 1.807) is 6.92 Å². The first-order valence-electron chi connectivity index (χ1n) is 13.9. The Balaban J connectivity index is 1.60. The first-order valence-corrected chi connectivity index (χ1v) is 13.9. The van der Waals surface area contributed by atoms with Gasteiger partial charge in [0, 0.05) is 0 Å². The SMILES string of the molecule is CC1(C)CC[C@]2(C(=O)O)CC[C@]3(C)C(=CC[C@@H]4[C@@]5(C)CC[C@H](O)[C@@](C)(C(=O)O)[C@@H]5CC[C@]43C)[C@@H]2C1. The van der Waals surface area contributed by atoms with Crippen LogP contribution < -0.4 is 0 Å². The molecule has 0 aromatic rings. The Morgan fingerprint density at radius 2 is 1.49 bits per heavy atom. The summed E-state index contributed by atoms with van der Waals surface area (Å²) in [4.78, 5) is 25.3. The van der Waals surface area contributed by atoms with Crippen LogP contribution in [0.5, 0.6) is 0 Å². The third-order valence-corrected chi connectivity index (χ3v) is 13.2. The zero-order valence-corrected chi connectivity index (χ0v) is 22.6. The van der Waals surface area contributed by atoms with Gasteiger partial charge in [-0.3, -0.25) is 9.59 Å². The van der Waals surface area contributed by atoms with Crippen LogP contribution in [0.1, 0.15) is 106 Å². The van der Waals surface area contributed by atoms with Gasteiger partial charge in [-0.05, 0) is 111 Å². The molecule has 0 spiro atoms. The van der Waals surface area contributed by atoms with Gasteiger partial charge in [0.25, 0.3) is 0 Å². The molecule has 4 fully saturated rings. The fourth-order valence-corrected chi connectivity index (χ4v) is 10.6. The van der Waals surface area contributed by atoms with E-state index in [0.29, 0.717) is 12.3 Å². The number of aliphatic hydroxyl groups excluding tert-OH is 1. The summed E-state index contributed by atoms with van der Waals surface area (Å²) in [6, 6.07) is 0. The van der Waals surface area contributed by atoms with Crippen LogP contribution in [0.4, 0.5) is 0 Å². The van der Waals surface area contributed by atoms with E-state index in [9.17, 15) is 24.9 Å². The molecule has 0 aromatic carbocycles. The van der Waals surface area contributed by atoms with Crippen molar-refractivity contribution in [1.82, 2.24) is 0 Å². The molecular weight excluding hydrogens is 440 g/mol. The minimum absolute atomic E-state index is 0.00368. The number of aliphatic hydroxyl groups is 1. The molecule has 196 valence electrons. The maximum Gasteiger partial charge on any atom is 0.312 e. The Labute approximate surface area is 210 Å². The highest BCUT2D eigenvalue weighted by Crippen LogP contribution is 2.75. The number of fused-ring (bicyclic) bond motifs is 7.